The summed E-state index contributed by atoms with van der Waals surface area (Å²) < 4.78 is 11.9. The van der Waals surface area contributed by atoms with E-state index in [-0.39, 0.29) is 0 Å². The van der Waals surface area contributed by atoms with E-state index in [9.17, 15) is 0 Å². The minimum absolute atomic E-state index is 0.376. The van der Waals surface area contributed by atoms with Gasteiger partial charge >= 0.3 is 0 Å². The van der Waals surface area contributed by atoms with Gasteiger partial charge in [-0.05, 0) is 49.7 Å². The molecule has 1 saturated carbocycles. The number of ether oxygens (including phenoxy) is 2. The molecule has 4 rings (SSSR count). The van der Waals surface area contributed by atoms with E-state index < -0.39 is 0 Å². The first-order valence-corrected chi connectivity index (χ1v) is 8.74. The van der Waals surface area contributed by atoms with Gasteiger partial charge in [0.2, 0.25) is 0 Å². The predicted molar refractivity (Wildman–Crippen MR) is 84.7 cm³/mol. The Morgan fingerprint density at radius 3 is 2.95 bits per heavy atom. The number of pyridine rings is 1. The van der Waals surface area contributed by atoms with Crippen LogP contribution in [0.25, 0.3) is 0 Å². The molecule has 1 aromatic rings. The SMILES string of the molecule is c1cncc(C[C@@H]2[C@H](OCC3CC3)CCN2C2CCOC2)c1. The normalized spacial score (nSPS) is 32.6. The Labute approximate surface area is 132 Å². The van der Waals surface area contributed by atoms with Crippen molar-refractivity contribution in [1.29, 1.82) is 0 Å². The van der Waals surface area contributed by atoms with Crippen molar-refractivity contribution in [2.75, 3.05) is 26.4 Å². The van der Waals surface area contributed by atoms with Gasteiger partial charge in [-0.15, -0.1) is 0 Å². The van der Waals surface area contributed by atoms with E-state index in [4.69, 9.17) is 9.47 Å². The lowest BCUT2D eigenvalue weighted by atomic mass is 10.0. The Kier molecular flexibility index (Phi) is 4.42. The maximum absolute atomic E-state index is 6.30. The highest BCUT2D eigenvalue weighted by Crippen LogP contribution is 2.33. The van der Waals surface area contributed by atoms with Gasteiger partial charge < -0.3 is 9.47 Å². The lowest BCUT2D eigenvalue weighted by Crippen LogP contribution is -2.44. The number of nitrogens with zero attached hydrogens (tertiary/aromatic N) is 2. The fourth-order valence-corrected chi connectivity index (χ4v) is 3.83. The molecule has 1 unspecified atom stereocenters. The molecule has 2 aliphatic heterocycles. The topological polar surface area (TPSA) is 34.6 Å². The minimum atomic E-state index is 0.376. The fraction of sp³-hybridized carbons (Fsp3) is 0.722. The number of hydrogen-bond donors (Lipinski definition) is 0. The van der Waals surface area contributed by atoms with E-state index in [1.807, 2.05) is 18.5 Å². The zero-order valence-electron chi connectivity index (χ0n) is 13.2. The van der Waals surface area contributed by atoms with Crippen LogP contribution in [0.1, 0.15) is 31.2 Å². The molecule has 0 bridgehead atoms. The van der Waals surface area contributed by atoms with E-state index in [0.29, 0.717) is 18.2 Å². The number of aromatic nitrogens is 1. The number of hydrogen-bond acceptors (Lipinski definition) is 4. The Hall–Kier alpha value is -0.970. The Bertz CT molecular complexity index is 471. The van der Waals surface area contributed by atoms with Gasteiger partial charge in [0, 0.05) is 44.2 Å². The lowest BCUT2D eigenvalue weighted by Gasteiger charge is -2.32. The molecule has 3 fully saturated rings. The van der Waals surface area contributed by atoms with Crippen LogP contribution >= 0.6 is 0 Å². The molecule has 1 aromatic heterocycles. The van der Waals surface area contributed by atoms with Crippen molar-refractivity contribution in [2.24, 2.45) is 5.92 Å². The third-order valence-electron chi connectivity index (χ3n) is 5.31. The van der Waals surface area contributed by atoms with Crippen LogP contribution in [0.3, 0.4) is 0 Å². The molecule has 3 heterocycles. The van der Waals surface area contributed by atoms with Crippen LogP contribution in [-0.2, 0) is 15.9 Å². The maximum Gasteiger partial charge on any atom is 0.0745 e. The highest BCUT2D eigenvalue weighted by atomic mass is 16.5. The van der Waals surface area contributed by atoms with Crippen LogP contribution in [0.4, 0.5) is 0 Å². The summed E-state index contributed by atoms with van der Waals surface area (Å²) in [5, 5.41) is 0. The zero-order valence-corrected chi connectivity index (χ0v) is 13.2. The van der Waals surface area contributed by atoms with Crippen molar-refractivity contribution >= 4 is 0 Å². The molecule has 4 heteroatoms. The van der Waals surface area contributed by atoms with Crippen molar-refractivity contribution in [1.82, 2.24) is 9.88 Å². The van der Waals surface area contributed by atoms with Crippen molar-refractivity contribution in [3.05, 3.63) is 30.1 Å². The third-order valence-corrected chi connectivity index (χ3v) is 5.31. The largest absolute Gasteiger partial charge is 0.380 e. The van der Waals surface area contributed by atoms with Gasteiger partial charge in [-0.1, -0.05) is 6.07 Å². The summed E-state index contributed by atoms with van der Waals surface area (Å²) in [6.07, 6.45) is 10.3. The first kappa shape index (κ1) is 14.6. The van der Waals surface area contributed by atoms with Gasteiger partial charge in [0.15, 0.2) is 0 Å². The third kappa shape index (κ3) is 3.34. The average Bonchev–Trinajstić information content (AvgIpc) is 3.07. The summed E-state index contributed by atoms with van der Waals surface area (Å²) in [6.45, 7) is 3.91. The summed E-state index contributed by atoms with van der Waals surface area (Å²) in [5.41, 5.74) is 1.32. The second-order valence-corrected chi connectivity index (χ2v) is 6.99. The van der Waals surface area contributed by atoms with E-state index in [1.165, 1.54) is 24.8 Å². The highest BCUT2D eigenvalue weighted by Gasteiger charge is 2.40. The van der Waals surface area contributed by atoms with Gasteiger partial charge in [0.05, 0.1) is 12.7 Å². The van der Waals surface area contributed by atoms with Gasteiger partial charge in [0.1, 0.15) is 0 Å². The summed E-state index contributed by atoms with van der Waals surface area (Å²) in [4.78, 5) is 6.92. The fourth-order valence-electron chi connectivity index (χ4n) is 3.83. The minimum Gasteiger partial charge on any atom is -0.380 e. The molecule has 22 heavy (non-hydrogen) atoms. The Balaban J connectivity index is 1.45. The second-order valence-electron chi connectivity index (χ2n) is 6.99. The molecular formula is C18H26N2O2. The molecular weight excluding hydrogens is 276 g/mol. The Morgan fingerprint density at radius 2 is 2.23 bits per heavy atom. The maximum atomic E-state index is 6.30. The molecule has 3 atom stereocenters. The van der Waals surface area contributed by atoms with Crippen LogP contribution in [0.15, 0.2) is 24.5 Å². The molecule has 4 nitrogen and oxygen atoms in total. The van der Waals surface area contributed by atoms with E-state index in [1.54, 1.807) is 0 Å². The van der Waals surface area contributed by atoms with Crippen LogP contribution in [0, 0.1) is 5.92 Å². The second kappa shape index (κ2) is 6.65. The summed E-state index contributed by atoms with van der Waals surface area (Å²) >= 11 is 0. The van der Waals surface area contributed by atoms with Crippen molar-refractivity contribution in [3.8, 4) is 0 Å². The van der Waals surface area contributed by atoms with Gasteiger partial charge in [0.25, 0.3) is 0 Å². The lowest BCUT2D eigenvalue weighted by molar-refractivity contribution is 0.0122. The van der Waals surface area contributed by atoms with Crippen molar-refractivity contribution < 1.29 is 9.47 Å². The smallest absolute Gasteiger partial charge is 0.0745 e. The number of likely N-dealkylation sites (tertiary alicyclic amines) is 1. The highest BCUT2D eigenvalue weighted by molar-refractivity contribution is 5.12. The molecule has 0 amide bonds. The molecule has 3 aliphatic rings. The van der Waals surface area contributed by atoms with E-state index in [2.05, 4.69) is 16.0 Å². The zero-order chi connectivity index (χ0) is 14.8. The number of rotatable bonds is 6. The first-order valence-electron chi connectivity index (χ1n) is 8.74. The predicted octanol–water partition coefficient (Wildman–Crippen LogP) is 2.28. The van der Waals surface area contributed by atoms with Crippen LogP contribution < -0.4 is 0 Å². The molecule has 120 valence electrons. The monoisotopic (exact) mass is 302 g/mol. The first-order chi connectivity index (χ1) is 10.9. The van der Waals surface area contributed by atoms with Crippen LogP contribution in [0.5, 0.6) is 0 Å². The van der Waals surface area contributed by atoms with Gasteiger partial charge in [-0.3, -0.25) is 9.88 Å². The quantitative estimate of drug-likeness (QED) is 0.807. The van der Waals surface area contributed by atoms with Crippen molar-refractivity contribution in [3.63, 3.8) is 0 Å². The molecule has 0 radical (unpaired) electrons. The van der Waals surface area contributed by atoms with E-state index >= 15 is 0 Å². The molecule has 2 saturated heterocycles. The molecule has 0 spiro atoms. The van der Waals surface area contributed by atoms with Gasteiger partial charge in [-0.25, -0.2) is 0 Å². The summed E-state index contributed by atoms with van der Waals surface area (Å²) in [6, 6.07) is 5.28. The van der Waals surface area contributed by atoms with Crippen molar-refractivity contribution in [2.45, 2.75) is 50.3 Å². The molecule has 0 aromatic carbocycles. The van der Waals surface area contributed by atoms with Crippen LogP contribution in [0.2, 0.25) is 0 Å². The standard InChI is InChI=1S/C18H26N2O2/c1-2-15(11-19-7-1)10-17-18(22-12-14-3-4-14)5-8-20(17)16-6-9-21-13-16/h1-2,7,11,14,16-18H,3-6,8-10,12-13H2/t16?,17-,18-/m1/s1. The Morgan fingerprint density at radius 1 is 1.27 bits per heavy atom. The summed E-state index contributed by atoms with van der Waals surface area (Å²) in [5.74, 6) is 0.836. The molecule has 1 aliphatic carbocycles. The summed E-state index contributed by atoms with van der Waals surface area (Å²) in [7, 11) is 0. The van der Waals surface area contributed by atoms with Gasteiger partial charge in [-0.2, -0.15) is 0 Å². The van der Waals surface area contributed by atoms with Crippen LogP contribution in [-0.4, -0.2) is 54.4 Å². The molecule has 0 N–H and O–H groups in total. The van der Waals surface area contributed by atoms with E-state index in [0.717, 1.165) is 45.1 Å². The average molecular weight is 302 g/mol.